The van der Waals surface area contributed by atoms with E-state index in [1.54, 1.807) is 55.5 Å². The Bertz CT molecular complexity index is 1560. The molecule has 0 saturated heterocycles. The van der Waals surface area contributed by atoms with E-state index in [2.05, 4.69) is 32.6 Å². The van der Waals surface area contributed by atoms with Crippen LogP contribution in [0.2, 0.25) is 0 Å². The number of carbonyl (C=O) groups excluding carboxylic acids is 4. The van der Waals surface area contributed by atoms with Gasteiger partial charge in [0.15, 0.2) is 0 Å². The quantitative estimate of drug-likeness (QED) is 0.0337. The van der Waals surface area contributed by atoms with Crippen molar-refractivity contribution in [2.24, 2.45) is 0 Å². The third-order valence-corrected chi connectivity index (χ3v) is 8.35. The van der Waals surface area contributed by atoms with Crippen molar-refractivity contribution >= 4 is 23.9 Å². The van der Waals surface area contributed by atoms with Gasteiger partial charge in [0, 0.05) is 18.9 Å². The number of rotatable bonds is 26. The Morgan fingerprint density at radius 3 is 1.50 bits per heavy atom. The molecule has 0 saturated carbocycles. The standard InChI is InChI=1S/C25H38O5.C21H24O5/c1-21(2)25(27)30-20-12-8-9-13-24(26)29-19-11-7-5-4-6-10-18-28-23-16-14-22(3)15-17-23;1-3-4-5-6-15-24-18-9-7-17(8-10-18)21(23)26-20-13-11-19(12-14-20)25-16(2)22/h14-17H,1,4-13,18-20H2,2-3H3;7-14H,3-6,15H2,1-2H3. The molecule has 10 nitrogen and oxygen atoms in total. The number of hydrogen-bond acceptors (Lipinski definition) is 10. The number of aryl methyl sites for hydroxylation is 1. The predicted molar refractivity (Wildman–Crippen MR) is 218 cm³/mol. The van der Waals surface area contributed by atoms with Crippen LogP contribution in [-0.4, -0.2) is 50.3 Å². The molecule has 0 aliphatic heterocycles. The van der Waals surface area contributed by atoms with Gasteiger partial charge >= 0.3 is 23.9 Å². The maximum absolute atomic E-state index is 12.2. The molecule has 10 heteroatoms. The zero-order valence-electron chi connectivity index (χ0n) is 33.9. The van der Waals surface area contributed by atoms with Crippen LogP contribution in [0.1, 0.15) is 127 Å². The summed E-state index contributed by atoms with van der Waals surface area (Å²) in [7, 11) is 0. The van der Waals surface area contributed by atoms with Crippen molar-refractivity contribution in [1.82, 2.24) is 0 Å². The van der Waals surface area contributed by atoms with Crippen LogP contribution >= 0.6 is 0 Å². The van der Waals surface area contributed by atoms with Gasteiger partial charge in [0.1, 0.15) is 23.0 Å². The van der Waals surface area contributed by atoms with E-state index in [9.17, 15) is 19.2 Å². The molecule has 3 aromatic rings. The van der Waals surface area contributed by atoms with Gasteiger partial charge in [-0.15, -0.1) is 0 Å². The average Bonchev–Trinajstić information content (AvgIpc) is 3.18. The van der Waals surface area contributed by atoms with E-state index >= 15 is 0 Å². The van der Waals surface area contributed by atoms with Gasteiger partial charge in [-0.25, -0.2) is 9.59 Å². The molecule has 0 fully saturated rings. The molecule has 0 aliphatic carbocycles. The summed E-state index contributed by atoms with van der Waals surface area (Å²) in [6.45, 7) is 13.0. The van der Waals surface area contributed by atoms with Crippen LogP contribution in [-0.2, 0) is 23.9 Å². The smallest absolute Gasteiger partial charge is 0.343 e. The number of unbranched alkanes of at least 4 members (excludes halogenated alkanes) is 10. The van der Waals surface area contributed by atoms with Gasteiger partial charge in [0.25, 0.3) is 0 Å². The summed E-state index contributed by atoms with van der Waals surface area (Å²) in [5, 5.41) is 0. The van der Waals surface area contributed by atoms with Crippen molar-refractivity contribution in [3.63, 3.8) is 0 Å². The minimum atomic E-state index is -0.459. The molecule has 306 valence electrons. The van der Waals surface area contributed by atoms with E-state index in [1.165, 1.54) is 31.7 Å². The molecule has 0 aromatic heterocycles. The van der Waals surface area contributed by atoms with E-state index in [4.69, 9.17) is 28.4 Å². The Morgan fingerprint density at radius 2 is 0.964 bits per heavy atom. The zero-order chi connectivity index (χ0) is 40.8. The van der Waals surface area contributed by atoms with Crippen molar-refractivity contribution in [3.8, 4) is 23.0 Å². The lowest BCUT2D eigenvalue weighted by molar-refractivity contribution is -0.144. The first-order valence-electron chi connectivity index (χ1n) is 20.0. The fraction of sp³-hybridized carbons (Fsp3) is 0.478. The Labute approximate surface area is 333 Å². The second kappa shape index (κ2) is 29.2. The van der Waals surface area contributed by atoms with Gasteiger partial charge in [-0.3, -0.25) is 9.59 Å². The first kappa shape index (κ1) is 47.0. The molecule has 0 spiro atoms. The molecule has 0 amide bonds. The third kappa shape index (κ3) is 22.9. The zero-order valence-corrected chi connectivity index (χ0v) is 33.9. The molecule has 56 heavy (non-hydrogen) atoms. The normalized spacial score (nSPS) is 10.4. The van der Waals surface area contributed by atoms with E-state index in [-0.39, 0.29) is 11.9 Å². The highest BCUT2D eigenvalue weighted by atomic mass is 16.5. The lowest BCUT2D eigenvalue weighted by Crippen LogP contribution is -2.08. The van der Waals surface area contributed by atoms with Gasteiger partial charge in [-0.05, 0) is 113 Å². The summed E-state index contributed by atoms with van der Waals surface area (Å²) in [5.74, 6) is 1.10. The number of ether oxygens (including phenoxy) is 6. The highest BCUT2D eigenvalue weighted by molar-refractivity contribution is 5.91. The van der Waals surface area contributed by atoms with Gasteiger partial charge in [-0.2, -0.15) is 0 Å². The van der Waals surface area contributed by atoms with Gasteiger partial charge < -0.3 is 28.4 Å². The second-order valence-corrected chi connectivity index (χ2v) is 13.6. The van der Waals surface area contributed by atoms with Crippen LogP contribution in [0.5, 0.6) is 23.0 Å². The minimum absolute atomic E-state index is 0.137. The minimum Gasteiger partial charge on any atom is -0.494 e. The van der Waals surface area contributed by atoms with Crippen LogP contribution < -0.4 is 18.9 Å². The molecule has 0 N–H and O–H groups in total. The van der Waals surface area contributed by atoms with Crippen LogP contribution in [0, 0.1) is 6.92 Å². The number of esters is 4. The SMILES string of the molecule is C=C(C)C(=O)OCCCCCC(=O)OCCCCCCCCOc1ccc(C)cc1.CCCCCCOc1ccc(C(=O)Oc2ccc(OC(C)=O)cc2)cc1. The molecule has 0 radical (unpaired) electrons. The van der Waals surface area contributed by atoms with Crippen LogP contribution in [0.15, 0.2) is 84.9 Å². The topological polar surface area (TPSA) is 124 Å². The second-order valence-electron chi connectivity index (χ2n) is 13.6. The van der Waals surface area contributed by atoms with Gasteiger partial charge in [0.2, 0.25) is 0 Å². The van der Waals surface area contributed by atoms with Gasteiger partial charge in [-0.1, -0.05) is 76.1 Å². The highest BCUT2D eigenvalue weighted by Gasteiger charge is 2.10. The molecular formula is C46H62O10. The van der Waals surface area contributed by atoms with Crippen molar-refractivity contribution in [2.45, 2.75) is 118 Å². The van der Waals surface area contributed by atoms with Crippen LogP contribution in [0.25, 0.3) is 0 Å². The monoisotopic (exact) mass is 774 g/mol. The van der Waals surface area contributed by atoms with Crippen molar-refractivity contribution < 1.29 is 47.6 Å². The van der Waals surface area contributed by atoms with Crippen LogP contribution in [0.3, 0.4) is 0 Å². The number of benzene rings is 3. The molecule has 0 heterocycles. The van der Waals surface area contributed by atoms with E-state index < -0.39 is 11.9 Å². The lowest BCUT2D eigenvalue weighted by atomic mass is 10.1. The Balaban J connectivity index is 0.000000390. The molecule has 0 unspecified atom stereocenters. The molecular weight excluding hydrogens is 712 g/mol. The molecule has 0 aliphatic rings. The van der Waals surface area contributed by atoms with Crippen molar-refractivity contribution in [1.29, 1.82) is 0 Å². The first-order valence-corrected chi connectivity index (χ1v) is 20.0. The Kier molecular flexibility index (Phi) is 24.5. The fourth-order valence-corrected chi connectivity index (χ4v) is 5.14. The maximum atomic E-state index is 12.2. The third-order valence-electron chi connectivity index (χ3n) is 8.35. The molecule has 3 aromatic carbocycles. The van der Waals surface area contributed by atoms with E-state index in [0.717, 1.165) is 82.3 Å². The summed E-state index contributed by atoms with van der Waals surface area (Å²) >= 11 is 0. The highest BCUT2D eigenvalue weighted by Crippen LogP contribution is 2.20. The molecule has 3 rings (SSSR count). The maximum Gasteiger partial charge on any atom is 0.343 e. The summed E-state index contributed by atoms with van der Waals surface area (Å²) in [6.07, 6.45) is 14.0. The predicted octanol–water partition coefficient (Wildman–Crippen LogP) is 10.7. The van der Waals surface area contributed by atoms with Gasteiger partial charge in [0.05, 0.1) is 32.0 Å². The lowest BCUT2D eigenvalue weighted by Gasteiger charge is -2.08. The fourth-order valence-electron chi connectivity index (χ4n) is 5.14. The first-order chi connectivity index (χ1) is 27.1. The molecule has 0 atom stereocenters. The summed E-state index contributed by atoms with van der Waals surface area (Å²) < 4.78 is 31.9. The number of hydrogen-bond donors (Lipinski definition) is 0. The van der Waals surface area contributed by atoms with E-state index in [1.807, 2.05) is 12.1 Å². The molecule has 0 bridgehead atoms. The summed E-state index contributed by atoms with van der Waals surface area (Å²) in [4.78, 5) is 45.9. The van der Waals surface area contributed by atoms with Crippen molar-refractivity contribution in [3.05, 3.63) is 96.1 Å². The van der Waals surface area contributed by atoms with Crippen molar-refractivity contribution in [2.75, 3.05) is 26.4 Å². The van der Waals surface area contributed by atoms with E-state index in [0.29, 0.717) is 48.9 Å². The van der Waals surface area contributed by atoms with Crippen LogP contribution in [0.4, 0.5) is 0 Å². The summed E-state index contributed by atoms with van der Waals surface area (Å²) in [6, 6.07) is 21.3. The number of carbonyl (C=O) groups is 4. The largest absolute Gasteiger partial charge is 0.494 e. The Morgan fingerprint density at radius 1 is 0.518 bits per heavy atom. The Hall–Kier alpha value is -5.12. The summed E-state index contributed by atoms with van der Waals surface area (Å²) in [5.41, 5.74) is 2.09. The average molecular weight is 775 g/mol.